The number of rotatable bonds is 5. The number of hydrogen-bond donors (Lipinski definition) is 0. The van der Waals surface area contributed by atoms with Crippen molar-refractivity contribution in [3.63, 3.8) is 0 Å². The van der Waals surface area contributed by atoms with Crippen molar-refractivity contribution in [1.82, 2.24) is 24.1 Å². The molecule has 0 spiro atoms. The van der Waals surface area contributed by atoms with E-state index < -0.39 is 0 Å². The molecule has 0 bridgehead atoms. The number of benzene rings is 7. The van der Waals surface area contributed by atoms with Crippen LogP contribution < -0.4 is 0 Å². The Morgan fingerprint density at radius 3 is 1.92 bits per heavy atom. The van der Waals surface area contributed by atoms with Crippen LogP contribution in [-0.4, -0.2) is 40.4 Å². The molecule has 1 aliphatic carbocycles. The third kappa shape index (κ3) is 4.98. The zero-order valence-electron chi connectivity index (χ0n) is 32.0. The average Bonchev–Trinajstić information content (AvgIpc) is 4.08. The second-order valence-electron chi connectivity index (χ2n) is 15.3. The number of fused-ring (bicyclic) bond motifs is 11. The van der Waals surface area contributed by atoms with Crippen molar-refractivity contribution >= 4 is 82.4 Å². The summed E-state index contributed by atoms with van der Waals surface area (Å²) in [6.07, 6.45) is 8.71. The lowest BCUT2D eigenvalue weighted by atomic mass is 10.1. The molecular formula is C52H32N6OS. The van der Waals surface area contributed by atoms with E-state index in [0.717, 1.165) is 87.6 Å². The number of thioether (sulfide) groups is 1. The van der Waals surface area contributed by atoms with E-state index in [-0.39, 0.29) is 11.3 Å². The van der Waals surface area contributed by atoms with Gasteiger partial charge in [0, 0.05) is 49.0 Å². The van der Waals surface area contributed by atoms with Crippen LogP contribution in [0.15, 0.2) is 191 Å². The van der Waals surface area contributed by atoms with E-state index >= 15 is 0 Å². The van der Waals surface area contributed by atoms with Crippen molar-refractivity contribution < 1.29 is 4.42 Å². The maximum atomic E-state index is 6.22. The number of para-hydroxylation sites is 4. The van der Waals surface area contributed by atoms with Crippen molar-refractivity contribution in [2.75, 3.05) is 0 Å². The number of nitrogens with zero attached hydrogens (tertiary/aromatic N) is 6. The predicted molar refractivity (Wildman–Crippen MR) is 247 cm³/mol. The summed E-state index contributed by atoms with van der Waals surface area (Å²) in [7, 11) is 0. The zero-order valence-corrected chi connectivity index (χ0v) is 32.8. The molecule has 0 saturated carbocycles. The largest absolute Gasteiger partial charge is 0.456 e. The third-order valence-corrected chi connectivity index (χ3v) is 13.2. The van der Waals surface area contributed by atoms with Crippen molar-refractivity contribution in [3.05, 3.63) is 188 Å². The van der Waals surface area contributed by atoms with Crippen molar-refractivity contribution in [2.45, 2.75) is 11.3 Å². The fraction of sp³-hybridized carbons (Fsp3) is 0.0385. The first-order chi connectivity index (χ1) is 29.7. The summed E-state index contributed by atoms with van der Waals surface area (Å²) >= 11 is 1.84. The summed E-state index contributed by atoms with van der Waals surface area (Å²) in [5, 5.41) is 7.96. The highest BCUT2D eigenvalue weighted by atomic mass is 32.2. The Hall–Kier alpha value is -7.55. The second-order valence-corrected chi connectivity index (χ2v) is 16.5. The molecule has 2 atom stereocenters. The Bertz CT molecular complexity index is 3670. The molecule has 0 N–H and O–H groups in total. The van der Waals surface area contributed by atoms with Crippen LogP contribution in [0.1, 0.15) is 5.56 Å². The highest BCUT2D eigenvalue weighted by Crippen LogP contribution is 2.43. The molecule has 7 nitrogen and oxygen atoms in total. The van der Waals surface area contributed by atoms with Crippen LogP contribution in [0.25, 0.3) is 100.0 Å². The Morgan fingerprint density at radius 2 is 1.12 bits per heavy atom. The molecule has 0 fully saturated rings. The number of allylic oxidation sites excluding steroid dienone is 2. The van der Waals surface area contributed by atoms with Gasteiger partial charge in [-0.25, -0.2) is 4.98 Å². The first-order valence-electron chi connectivity index (χ1n) is 20.1. The molecule has 0 radical (unpaired) electrons. The lowest BCUT2D eigenvalue weighted by Gasteiger charge is -2.16. The van der Waals surface area contributed by atoms with Crippen molar-refractivity contribution in [3.8, 4) is 34.4 Å². The summed E-state index contributed by atoms with van der Waals surface area (Å²) in [5.74, 6) is 1.71. The zero-order chi connectivity index (χ0) is 39.3. The van der Waals surface area contributed by atoms with E-state index in [4.69, 9.17) is 24.4 Å². The predicted octanol–water partition coefficient (Wildman–Crippen LogP) is 12.7. The van der Waals surface area contributed by atoms with Gasteiger partial charge in [-0.1, -0.05) is 151 Å². The van der Waals surface area contributed by atoms with E-state index in [1.54, 1.807) is 0 Å². The van der Waals surface area contributed by atoms with E-state index in [2.05, 4.69) is 143 Å². The normalized spacial score (nSPS) is 16.2. The summed E-state index contributed by atoms with van der Waals surface area (Å²) < 4.78 is 10.9. The number of furan rings is 1. The SMILES string of the molecule is C1=CC2N=C(c3ccccc3-n3c4ccccc4c4ccc5c6ccccc6n(-c6nc(-c7ccccc7)nc(-c7ccc8oc9ccccc9c8c7)n6)c5c43)SC2C=C1. The van der Waals surface area contributed by atoms with Crippen LogP contribution >= 0.6 is 11.8 Å². The molecule has 4 aromatic heterocycles. The Balaban J connectivity index is 1.13. The molecule has 2 aliphatic rings. The quantitative estimate of drug-likeness (QED) is 0.174. The number of aromatic nitrogens is 5. The molecule has 11 aromatic rings. The van der Waals surface area contributed by atoms with Crippen LogP contribution in [0.4, 0.5) is 0 Å². The summed E-state index contributed by atoms with van der Waals surface area (Å²) in [6, 6.07) is 55.2. The topological polar surface area (TPSA) is 74.0 Å². The first-order valence-corrected chi connectivity index (χ1v) is 21.0. The van der Waals surface area contributed by atoms with Crippen LogP contribution in [0.3, 0.4) is 0 Å². The van der Waals surface area contributed by atoms with Gasteiger partial charge in [0.1, 0.15) is 16.2 Å². The Morgan fingerprint density at radius 1 is 0.483 bits per heavy atom. The van der Waals surface area contributed by atoms with Gasteiger partial charge >= 0.3 is 0 Å². The molecule has 0 saturated heterocycles. The molecule has 7 aromatic carbocycles. The van der Waals surface area contributed by atoms with Crippen molar-refractivity contribution in [2.24, 2.45) is 4.99 Å². The molecule has 5 heterocycles. The molecular weight excluding hydrogens is 757 g/mol. The maximum absolute atomic E-state index is 6.22. The van der Waals surface area contributed by atoms with E-state index in [1.165, 1.54) is 5.39 Å². The first kappa shape index (κ1) is 33.4. The van der Waals surface area contributed by atoms with E-state index in [9.17, 15) is 0 Å². The molecule has 13 rings (SSSR count). The minimum absolute atomic E-state index is 0.125. The average molecular weight is 789 g/mol. The van der Waals surface area contributed by atoms with Crippen molar-refractivity contribution in [1.29, 1.82) is 0 Å². The maximum Gasteiger partial charge on any atom is 0.238 e. The van der Waals surface area contributed by atoms with Gasteiger partial charge < -0.3 is 8.98 Å². The van der Waals surface area contributed by atoms with Gasteiger partial charge in [0.15, 0.2) is 11.6 Å². The Labute approximate surface area is 347 Å². The van der Waals surface area contributed by atoms with E-state index in [1.807, 2.05) is 60.3 Å². The Kier molecular flexibility index (Phi) is 7.23. The van der Waals surface area contributed by atoms with Gasteiger partial charge in [0.25, 0.3) is 0 Å². The highest BCUT2D eigenvalue weighted by molar-refractivity contribution is 8.15. The minimum Gasteiger partial charge on any atom is -0.456 e. The van der Waals surface area contributed by atoms with E-state index in [0.29, 0.717) is 17.6 Å². The van der Waals surface area contributed by atoms with Crippen LogP contribution in [0.2, 0.25) is 0 Å². The van der Waals surface area contributed by atoms with Gasteiger partial charge in [-0.05, 0) is 42.5 Å². The van der Waals surface area contributed by atoms with Gasteiger partial charge in [-0.15, -0.1) is 0 Å². The minimum atomic E-state index is 0.125. The van der Waals surface area contributed by atoms with Crippen LogP contribution in [0, 0.1) is 0 Å². The number of aliphatic imine (C=N–C) groups is 1. The lowest BCUT2D eigenvalue weighted by Crippen LogP contribution is -2.13. The fourth-order valence-electron chi connectivity index (χ4n) is 9.21. The summed E-state index contributed by atoms with van der Waals surface area (Å²) in [5.41, 5.74) is 9.87. The monoisotopic (exact) mass is 788 g/mol. The van der Waals surface area contributed by atoms with Gasteiger partial charge in [-0.3, -0.25) is 9.56 Å². The van der Waals surface area contributed by atoms with Gasteiger partial charge in [-0.2, -0.15) is 9.97 Å². The molecule has 2 unspecified atom stereocenters. The summed E-state index contributed by atoms with van der Waals surface area (Å²) in [6.45, 7) is 0. The van der Waals surface area contributed by atoms with Gasteiger partial charge in [0.2, 0.25) is 5.95 Å². The molecule has 282 valence electrons. The lowest BCUT2D eigenvalue weighted by molar-refractivity contribution is 0.669. The second kappa shape index (κ2) is 13.0. The fourth-order valence-corrected chi connectivity index (χ4v) is 10.4. The van der Waals surface area contributed by atoms with Crippen LogP contribution in [0.5, 0.6) is 0 Å². The summed E-state index contributed by atoms with van der Waals surface area (Å²) in [4.78, 5) is 21.2. The molecule has 60 heavy (non-hydrogen) atoms. The van der Waals surface area contributed by atoms with Crippen LogP contribution in [-0.2, 0) is 0 Å². The standard InChI is InChI=1S/C52H32N6OS/c1-2-14-31(15-3-1)49-54-50(32-26-29-45-39(30-32)35-18-7-12-24-44(35)59-45)56-52(55-49)58-42-22-10-5-17-34(42)37-28-27-36-33-16-4-9-21-41(33)57(47(36)48(37)58)43-23-11-6-19-38(43)51-53-40-20-8-13-25-46(40)60-51/h1-30,40,46H. The molecule has 8 heteroatoms. The molecule has 1 aliphatic heterocycles. The molecule has 0 amide bonds. The smallest absolute Gasteiger partial charge is 0.238 e. The highest BCUT2D eigenvalue weighted by Gasteiger charge is 2.31. The third-order valence-electron chi connectivity index (χ3n) is 11.9. The van der Waals surface area contributed by atoms with Gasteiger partial charge in [0.05, 0.1) is 39.0 Å². The number of hydrogen-bond acceptors (Lipinski definition) is 6.